The van der Waals surface area contributed by atoms with Gasteiger partial charge in [0.25, 0.3) is 0 Å². The number of aliphatic hydroxyl groups excluding tert-OH is 1. The molecule has 38 heavy (non-hydrogen) atoms. The van der Waals surface area contributed by atoms with Gasteiger partial charge in [0.05, 0.1) is 18.7 Å². The number of aliphatic hydroxyl groups is 1. The molecule has 0 spiro atoms. The van der Waals surface area contributed by atoms with Crippen LogP contribution >= 0.6 is 11.8 Å². The number of nitrogen functional groups attached to an aromatic ring is 1. The van der Waals surface area contributed by atoms with Crippen LogP contribution in [0.25, 0.3) is 27.4 Å². The van der Waals surface area contributed by atoms with Crippen LogP contribution in [0.1, 0.15) is 17.0 Å². The van der Waals surface area contributed by atoms with Crippen molar-refractivity contribution in [3.8, 4) is 34.4 Å². The highest BCUT2D eigenvalue weighted by Crippen LogP contribution is 2.43. The molecule has 4 rings (SSSR count). The third-order valence-electron chi connectivity index (χ3n) is 5.21. The number of nitrogens with zero attached hydrogens (tertiary/aromatic N) is 4. The fraction of sp³-hybridized carbons (Fsp3) is 0.154. The van der Waals surface area contributed by atoms with E-state index >= 15 is 0 Å². The van der Waals surface area contributed by atoms with Crippen LogP contribution in [0, 0.1) is 17.9 Å². The number of anilines is 1. The molecule has 0 bridgehead atoms. The topological polar surface area (TPSA) is 123 Å². The summed E-state index contributed by atoms with van der Waals surface area (Å²) in [6.45, 7) is 7.48. The van der Waals surface area contributed by atoms with E-state index in [2.05, 4.69) is 14.8 Å². The van der Waals surface area contributed by atoms with Crippen molar-refractivity contribution in [3.05, 3.63) is 83.0 Å². The molecule has 2 aromatic carbocycles. The maximum Gasteiger partial charge on any atom is 0.451 e. The van der Waals surface area contributed by atoms with Crippen LogP contribution in [-0.2, 0) is 11.9 Å². The van der Waals surface area contributed by atoms with E-state index in [1.807, 2.05) is 6.07 Å². The quantitative estimate of drug-likeness (QED) is 0.205. The van der Waals surface area contributed by atoms with Crippen molar-refractivity contribution in [1.29, 1.82) is 5.26 Å². The van der Waals surface area contributed by atoms with Gasteiger partial charge < -0.3 is 20.0 Å². The normalized spacial score (nSPS) is 11.1. The van der Waals surface area contributed by atoms with Gasteiger partial charge in [0.2, 0.25) is 17.3 Å². The summed E-state index contributed by atoms with van der Waals surface area (Å²) in [5, 5.41) is 18.9. The summed E-state index contributed by atoms with van der Waals surface area (Å²) in [6, 6.07) is 16.6. The van der Waals surface area contributed by atoms with Crippen molar-refractivity contribution >= 4 is 23.3 Å². The van der Waals surface area contributed by atoms with Gasteiger partial charge in [-0.15, -0.1) is 0 Å². The number of hydrogen-bond acceptors (Lipinski definition) is 8. The molecular weight excluding hydrogens is 519 g/mol. The van der Waals surface area contributed by atoms with E-state index in [9.17, 15) is 18.4 Å². The molecule has 3 N–H and O–H groups in total. The van der Waals surface area contributed by atoms with Gasteiger partial charge in [0, 0.05) is 16.9 Å². The summed E-state index contributed by atoms with van der Waals surface area (Å²) in [7, 11) is 0. The monoisotopic (exact) mass is 537 g/mol. The fourth-order valence-corrected chi connectivity index (χ4v) is 4.49. The number of alkyl halides is 3. The van der Waals surface area contributed by atoms with E-state index in [4.69, 9.17) is 26.6 Å². The van der Waals surface area contributed by atoms with Crippen LogP contribution < -0.4 is 10.5 Å². The second-order valence-corrected chi connectivity index (χ2v) is 8.63. The van der Waals surface area contributed by atoms with Crippen LogP contribution in [-0.4, -0.2) is 28.3 Å². The molecule has 0 amide bonds. The Morgan fingerprint density at radius 1 is 1.11 bits per heavy atom. The molecule has 0 atom stereocenters. The molecule has 2 aromatic heterocycles. The van der Waals surface area contributed by atoms with Crippen LogP contribution in [0.5, 0.6) is 5.75 Å². The maximum absolute atomic E-state index is 13.7. The zero-order valence-electron chi connectivity index (χ0n) is 19.5. The molecule has 0 aliphatic heterocycles. The third kappa shape index (κ3) is 5.57. The number of nitrogens with two attached hydrogens (primary N) is 1. The summed E-state index contributed by atoms with van der Waals surface area (Å²) in [6.07, 6.45) is -4.79. The number of oxazole rings is 1. The molecule has 192 valence electrons. The molecule has 0 fully saturated rings. The van der Waals surface area contributed by atoms with Gasteiger partial charge in [0.15, 0.2) is 0 Å². The van der Waals surface area contributed by atoms with Crippen LogP contribution in [0.4, 0.5) is 24.7 Å². The first-order valence-electron chi connectivity index (χ1n) is 11.0. The Kier molecular flexibility index (Phi) is 7.86. The highest BCUT2D eigenvalue weighted by atomic mass is 32.2. The Labute approximate surface area is 219 Å². The summed E-state index contributed by atoms with van der Waals surface area (Å²) >= 11 is 0.828. The minimum atomic E-state index is -4.79. The molecule has 12 heteroatoms. The lowest BCUT2D eigenvalue weighted by molar-refractivity contribution is -0.153. The van der Waals surface area contributed by atoms with Crippen molar-refractivity contribution in [1.82, 2.24) is 9.97 Å². The lowest BCUT2D eigenvalue weighted by atomic mass is 10.00. The SMILES string of the molecule is [C-]#[N+]c1c(N)nc(SCc2nc(-c3ccccc3)oc2C(F)(F)F)c(C#N)c1-c1ccc(OCCO)cc1. The molecule has 0 aliphatic carbocycles. The maximum atomic E-state index is 13.7. The standard InChI is InChI=1S/C26H18F3N5O3S/c1-32-21-20(15-7-9-17(10-8-15)36-12-11-35)18(13-30)25(34-23(21)31)38-14-19-22(26(27,28)29)37-24(33-19)16-5-3-2-4-6-16/h2-10,35H,11-12,14H2,(H2,31,34). The predicted molar refractivity (Wildman–Crippen MR) is 134 cm³/mol. The largest absolute Gasteiger partial charge is 0.491 e. The lowest BCUT2D eigenvalue weighted by Gasteiger charge is -2.14. The summed E-state index contributed by atoms with van der Waals surface area (Å²) in [5.41, 5.74) is 6.63. The van der Waals surface area contributed by atoms with Gasteiger partial charge in [0.1, 0.15) is 35.0 Å². The number of aromatic nitrogens is 2. The van der Waals surface area contributed by atoms with Crippen molar-refractivity contribution in [2.45, 2.75) is 17.0 Å². The minimum Gasteiger partial charge on any atom is -0.491 e. The van der Waals surface area contributed by atoms with E-state index in [1.165, 1.54) is 0 Å². The second-order valence-electron chi connectivity index (χ2n) is 7.67. The zero-order valence-corrected chi connectivity index (χ0v) is 20.3. The molecule has 0 unspecified atom stereocenters. The minimum absolute atomic E-state index is 0.0143. The molecule has 0 saturated carbocycles. The number of nitriles is 1. The van der Waals surface area contributed by atoms with Gasteiger partial charge in [-0.3, -0.25) is 0 Å². The molecule has 8 nitrogen and oxygen atoms in total. The first-order chi connectivity index (χ1) is 18.3. The van der Waals surface area contributed by atoms with Crippen LogP contribution in [0.2, 0.25) is 0 Å². The van der Waals surface area contributed by atoms with E-state index < -0.39 is 11.9 Å². The second kappa shape index (κ2) is 11.3. The van der Waals surface area contributed by atoms with E-state index in [1.54, 1.807) is 54.6 Å². The van der Waals surface area contributed by atoms with Gasteiger partial charge in [-0.1, -0.05) is 42.1 Å². The van der Waals surface area contributed by atoms with Crippen molar-refractivity contribution in [3.63, 3.8) is 0 Å². The van der Waals surface area contributed by atoms with Gasteiger partial charge in [-0.2, -0.15) is 18.4 Å². The number of rotatable bonds is 8. The average molecular weight is 538 g/mol. The number of ether oxygens (including phenoxy) is 1. The zero-order chi connectivity index (χ0) is 27.3. The first kappa shape index (κ1) is 26.5. The summed E-state index contributed by atoms with van der Waals surface area (Å²) < 4.78 is 51.6. The number of hydrogen-bond donors (Lipinski definition) is 2. The molecule has 0 saturated heterocycles. The Morgan fingerprint density at radius 3 is 2.42 bits per heavy atom. The van der Waals surface area contributed by atoms with Gasteiger partial charge in [-0.05, 0) is 29.8 Å². The molecule has 4 aromatic rings. The third-order valence-corrected chi connectivity index (χ3v) is 6.20. The van der Waals surface area contributed by atoms with Crippen molar-refractivity contribution in [2.24, 2.45) is 0 Å². The highest BCUT2D eigenvalue weighted by Gasteiger charge is 2.39. The summed E-state index contributed by atoms with van der Waals surface area (Å²) in [4.78, 5) is 11.6. The Balaban J connectivity index is 1.73. The lowest BCUT2D eigenvalue weighted by Crippen LogP contribution is -2.07. The first-order valence-corrected chi connectivity index (χ1v) is 12.0. The van der Waals surface area contributed by atoms with E-state index in [0.29, 0.717) is 16.9 Å². The van der Waals surface area contributed by atoms with Crippen LogP contribution in [0.15, 0.2) is 64.0 Å². The van der Waals surface area contributed by atoms with Crippen molar-refractivity contribution in [2.75, 3.05) is 18.9 Å². The molecule has 2 heterocycles. The van der Waals surface area contributed by atoms with Gasteiger partial charge >= 0.3 is 6.18 Å². The molecule has 0 radical (unpaired) electrons. The highest BCUT2D eigenvalue weighted by molar-refractivity contribution is 7.98. The molecule has 0 aliphatic rings. The summed E-state index contributed by atoms with van der Waals surface area (Å²) in [5.74, 6) is -1.46. The number of benzene rings is 2. The van der Waals surface area contributed by atoms with E-state index in [-0.39, 0.29) is 58.2 Å². The number of halogens is 3. The number of pyridine rings is 1. The average Bonchev–Trinajstić information content (AvgIpc) is 3.36. The fourth-order valence-electron chi connectivity index (χ4n) is 3.57. The smallest absolute Gasteiger partial charge is 0.451 e. The molecular formula is C26H18F3N5O3S. The predicted octanol–water partition coefficient (Wildman–Crippen LogP) is 6.09. The van der Waals surface area contributed by atoms with Crippen molar-refractivity contribution < 1.29 is 27.4 Å². The number of thioether (sulfide) groups is 1. The Morgan fingerprint density at radius 2 is 1.82 bits per heavy atom. The van der Waals surface area contributed by atoms with Crippen LogP contribution in [0.3, 0.4) is 0 Å². The van der Waals surface area contributed by atoms with E-state index in [0.717, 1.165) is 11.8 Å². The van der Waals surface area contributed by atoms with Gasteiger partial charge in [-0.25, -0.2) is 14.8 Å². The Hall–Kier alpha value is -4.52. The Bertz CT molecular complexity index is 1530.